The number of alkyl halides is 3. The Morgan fingerprint density at radius 1 is 0.914 bits per heavy atom. The van der Waals surface area contributed by atoms with E-state index >= 15 is 0 Å². The predicted octanol–water partition coefficient (Wildman–Crippen LogP) is 5.26. The van der Waals surface area contributed by atoms with Crippen molar-refractivity contribution in [1.29, 1.82) is 0 Å². The van der Waals surface area contributed by atoms with Gasteiger partial charge in [-0.25, -0.2) is 4.98 Å². The van der Waals surface area contributed by atoms with Gasteiger partial charge in [0.15, 0.2) is 12.1 Å². The molecule has 8 nitrogen and oxygen atoms in total. The lowest BCUT2D eigenvalue weighted by molar-refractivity contribution is -0.141. The molecule has 180 valence electrons. The van der Waals surface area contributed by atoms with Crippen molar-refractivity contribution in [3.05, 3.63) is 72.3 Å². The first kappa shape index (κ1) is 22.9. The van der Waals surface area contributed by atoms with Crippen LogP contribution in [0.25, 0.3) is 11.3 Å². The van der Waals surface area contributed by atoms with Crippen molar-refractivity contribution >= 4 is 11.5 Å². The van der Waals surface area contributed by atoms with Gasteiger partial charge in [0.25, 0.3) is 0 Å². The van der Waals surface area contributed by atoms with E-state index in [1.807, 2.05) is 6.07 Å². The van der Waals surface area contributed by atoms with E-state index in [1.165, 1.54) is 18.0 Å². The van der Waals surface area contributed by atoms with Crippen molar-refractivity contribution in [2.75, 3.05) is 5.32 Å². The van der Waals surface area contributed by atoms with E-state index in [-0.39, 0.29) is 0 Å². The fourth-order valence-electron chi connectivity index (χ4n) is 4.44. The summed E-state index contributed by atoms with van der Waals surface area (Å²) in [5.74, 6) is 1.55. The molecule has 1 aromatic carbocycles. The average molecular weight is 480 g/mol. The van der Waals surface area contributed by atoms with Gasteiger partial charge in [0.1, 0.15) is 5.69 Å². The molecule has 0 saturated heterocycles. The van der Waals surface area contributed by atoms with Crippen molar-refractivity contribution in [2.24, 2.45) is 5.92 Å². The number of nitrogens with zero attached hydrogens (tertiary/aromatic N) is 7. The van der Waals surface area contributed by atoms with Crippen LogP contribution in [0.5, 0.6) is 0 Å². The fraction of sp³-hybridized carbons (Fsp3) is 0.333. The fourth-order valence-corrected chi connectivity index (χ4v) is 4.44. The van der Waals surface area contributed by atoms with E-state index in [0.717, 1.165) is 55.7 Å². The van der Waals surface area contributed by atoms with Gasteiger partial charge in [-0.2, -0.15) is 18.0 Å². The smallest absolute Gasteiger partial charge is 0.337 e. The molecule has 1 saturated carbocycles. The number of tetrazole rings is 1. The topological polar surface area (TPSA) is 94.3 Å². The molecule has 0 atom stereocenters. The third kappa shape index (κ3) is 5.61. The monoisotopic (exact) mass is 480 g/mol. The van der Waals surface area contributed by atoms with Crippen LogP contribution in [0.3, 0.4) is 0 Å². The molecule has 0 aliphatic heterocycles. The lowest BCUT2D eigenvalue weighted by Crippen LogP contribution is -2.19. The van der Waals surface area contributed by atoms with Crippen molar-refractivity contribution in [2.45, 2.75) is 44.3 Å². The number of halogens is 3. The summed E-state index contributed by atoms with van der Waals surface area (Å²) in [4.78, 5) is 5.10. The van der Waals surface area contributed by atoms with Crippen LogP contribution in [0, 0.1) is 5.92 Å². The Kier molecular flexibility index (Phi) is 6.39. The van der Waals surface area contributed by atoms with Gasteiger partial charge in [-0.1, -0.05) is 24.3 Å². The quantitative estimate of drug-likeness (QED) is 0.402. The Morgan fingerprint density at radius 2 is 1.71 bits per heavy atom. The van der Waals surface area contributed by atoms with Gasteiger partial charge in [-0.05, 0) is 72.6 Å². The Labute approximate surface area is 199 Å². The first-order valence-electron chi connectivity index (χ1n) is 11.4. The summed E-state index contributed by atoms with van der Waals surface area (Å²) in [7, 11) is 0. The zero-order valence-corrected chi connectivity index (χ0v) is 18.7. The van der Waals surface area contributed by atoms with Gasteiger partial charge in [-0.3, -0.25) is 0 Å². The Balaban J connectivity index is 1.17. The maximum Gasteiger partial charge on any atom is 0.433 e. The van der Waals surface area contributed by atoms with Gasteiger partial charge in [-0.15, -0.1) is 20.4 Å². The Hall–Kier alpha value is -3.89. The third-order valence-corrected chi connectivity index (χ3v) is 6.33. The molecule has 1 fully saturated rings. The molecular formula is C24H23F3N8. The van der Waals surface area contributed by atoms with Gasteiger partial charge in [0, 0.05) is 5.56 Å². The standard InChI is InChI=1S/C24H23F3N8/c25-24(26,27)22-11-9-20(13-28-22)31-23-12-10-21(32-33-23)19-7-5-18(6-8-19)17-3-1-16(2-4-17)14-35-30-15-29-34-35/h5-13,15-17H,1-4,14H2,(H,31,33). The van der Waals surface area contributed by atoms with Gasteiger partial charge in [0.2, 0.25) is 0 Å². The SMILES string of the molecule is FC(F)(F)c1ccc(Nc2ccc(-c3ccc(C4CCC(Cn5ncnn5)CC4)cc3)nn2)cn1. The summed E-state index contributed by atoms with van der Waals surface area (Å²) >= 11 is 0. The van der Waals surface area contributed by atoms with Crippen LogP contribution in [0.15, 0.2) is 61.1 Å². The minimum Gasteiger partial charge on any atom is -0.337 e. The molecule has 35 heavy (non-hydrogen) atoms. The molecule has 5 rings (SSSR count). The highest BCUT2D eigenvalue weighted by Crippen LogP contribution is 2.37. The first-order chi connectivity index (χ1) is 16.9. The van der Waals surface area contributed by atoms with E-state index in [2.05, 4.69) is 60.2 Å². The lowest BCUT2D eigenvalue weighted by Gasteiger charge is -2.28. The van der Waals surface area contributed by atoms with Crippen molar-refractivity contribution in [3.63, 3.8) is 0 Å². The van der Waals surface area contributed by atoms with Crippen LogP contribution in [-0.4, -0.2) is 35.4 Å². The van der Waals surface area contributed by atoms with Crippen LogP contribution >= 0.6 is 0 Å². The van der Waals surface area contributed by atoms with Crippen molar-refractivity contribution in [1.82, 2.24) is 35.4 Å². The van der Waals surface area contributed by atoms with Crippen LogP contribution in [-0.2, 0) is 12.7 Å². The summed E-state index contributed by atoms with van der Waals surface area (Å²) < 4.78 is 37.9. The second-order valence-electron chi connectivity index (χ2n) is 8.69. The number of anilines is 2. The van der Waals surface area contributed by atoms with Crippen LogP contribution in [0.4, 0.5) is 24.7 Å². The lowest BCUT2D eigenvalue weighted by atomic mass is 9.78. The summed E-state index contributed by atoms with van der Waals surface area (Å²) in [6.45, 7) is 0.824. The maximum atomic E-state index is 12.6. The third-order valence-electron chi connectivity index (χ3n) is 6.33. The van der Waals surface area contributed by atoms with E-state index < -0.39 is 11.9 Å². The van der Waals surface area contributed by atoms with Gasteiger partial charge < -0.3 is 5.32 Å². The van der Waals surface area contributed by atoms with E-state index in [4.69, 9.17) is 0 Å². The highest BCUT2D eigenvalue weighted by atomic mass is 19.4. The minimum absolute atomic E-state index is 0.400. The largest absolute Gasteiger partial charge is 0.433 e. The zero-order chi connectivity index (χ0) is 24.3. The van der Waals surface area contributed by atoms with Crippen LogP contribution < -0.4 is 5.32 Å². The predicted molar refractivity (Wildman–Crippen MR) is 123 cm³/mol. The number of nitrogens with one attached hydrogen (secondary N) is 1. The molecule has 0 unspecified atom stereocenters. The number of aromatic nitrogens is 7. The van der Waals surface area contributed by atoms with E-state index in [0.29, 0.717) is 23.3 Å². The summed E-state index contributed by atoms with van der Waals surface area (Å²) in [6.07, 6.45) is 2.68. The van der Waals surface area contributed by atoms with Gasteiger partial charge in [0.05, 0.1) is 24.1 Å². The van der Waals surface area contributed by atoms with Crippen molar-refractivity contribution in [3.8, 4) is 11.3 Å². The number of pyridine rings is 1. The van der Waals surface area contributed by atoms with Crippen LogP contribution in [0.2, 0.25) is 0 Å². The molecule has 1 N–H and O–H groups in total. The maximum absolute atomic E-state index is 12.6. The van der Waals surface area contributed by atoms with E-state index in [9.17, 15) is 13.2 Å². The average Bonchev–Trinajstić information content (AvgIpc) is 3.38. The normalized spacial score (nSPS) is 18.4. The molecular weight excluding hydrogens is 457 g/mol. The molecule has 11 heteroatoms. The second-order valence-corrected chi connectivity index (χ2v) is 8.69. The Bertz CT molecular complexity index is 1220. The van der Waals surface area contributed by atoms with Crippen molar-refractivity contribution < 1.29 is 13.2 Å². The van der Waals surface area contributed by atoms with Crippen LogP contribution in [0.1, 0.15) is 42.9 Å². The molecule has 3 aromatic heterocycles. The molecule has 1 aliphatic rings. The zero-order valence-electron chi connectivity index (χ0n) is 18.7. The molecule has 0 amide bonds. The highest BCUT2D eigenvalue weighted by Gasteiger charge is 2.32. The second kappa shape index (κ2) is 9.77. The summed E-state index contributed by atoms with van der Waals surface area (Å²) in [5.41, 5.74) is 2.46. The minimum atomic E-state index is -4.47. The molecule has 3 heterocycles. The number of hydrogen-bond donors (Lipinski definition) is 1. The Morgan fingerprint density at radius 3 is 2.31 bits per heavy atom. The molecule has 1 aliphatic carbocycles. The first-order valence-corrected chi connectivity index (χ1v) is 11.4. The summed E-state index contributed by atoms with van der Waals surface area (Å²) in [5, 5.41) is 23.2. The summed E-state index contributed by atoms with van der Waals surface area (Å²) in [6, 6.07) is 14.2. The highest BCUT2D eigenvalue weighted by molar-refractivity contribution is 5.62. The molecule has 0 bridgehead atoms. The number of benzene rings is 1. The van der Waals surface area contributed by atoms with E-state index in [1.54, 1.807) is 10.9 Å². The number of rotatable bonds is 6. The van der Waals surface area contributed by atoms with Gasteiger partial charge >= 0.3 is 6.18 Å². The molecule has 4 aromatic rings. The molecule has 0 radical (unpaired) electrons. The molecule has 0 spiro atoms. The number of hydrogen-bond acceptors (Lipinski definition) is 7.